The van der Waals surface area contributed by atoms with E-state index in [1.165, 1.54) is 0 Å². The molecule has 0 spiro atoms. The fourth-order valence-electron chi connectivity index (χ4n) is 4.96. The van der Waals surface area contributed by atoms with Gasteiger partial charge in [0.15, 0.2) is 5.82 Å². The van der Waals surface area contributed by atoms with Crippen LogP contribution in [0, 0.1) is 0 Å². The standard InChI is InChI=1S/C27H32N8O/c1-3-5-10-23-19-34(24-11-7-17-33(24)16-4-2)26(36)35(23)20-27(12-14-28-15-13-27)22-9-6-8-21(18-22)25-29-31-32-30-25/h6-9,11-12,14-15,17-19H,3-5,10,13,16,20H2,1-2H3,(H,29,30,31,32). The van der Waals surface area contributed by atoms with Crippen molar-refractivity contribution in [3.05, 3.63) is 82.8 Å². The first-order chi connectivity index (χ1) is 17.6. The van der Waals surface area contributed by atoms with Crippen LogP contribution in [0.2, 0.25) is 0 Å². The number of allylic oxidation sites excluding steroid dienone is 1. The van der Waals surface area contributed by atoms with Crippen LogP contribution in [0.15, 0.2) is 70.9 Å². The minimum Gasteiger partial charge on any atom is -0.334 e. The van der Waals surface area contributed by atoms with Crippen molar-refractivity contribution in [1.82, 2.24) is 34.3 Å². The summed E-state index contributed by atoms with van der Waals surface area (Å²) in [6.45, 7) is 5.72. The van der Waals surface area contributed by atoms with E-state index in [1.807, 2.05) is 58.2 Å². The van der Waals surface area contributed by atoms with Gasteiger partial charge in [0, 0.05) is 54.6 Å². The summed E-state index contributed by atoms with van der Waals surface area (Å²) in [6, 6.07) is 12.2. The fraction of sp³-hybridized carbons (Fsp3) is 0.370. The molecule has 1 aliphatic rings. The van der Waals surface area contributed by atoms with Crippen molar-refractivity contribution in [2.75, 3.05) is 0 Å². The van der Waals surface area contributed by atoms with Crippen LogP contribution in [0.1, 0.15) is 50.8 Å². The van der Waals surface area contributed by atoms with Gasteiger partial charge in [-0.05, 0) is 59.9 Å². The average molecular weight is 485 g/mol. The number of benzene rings is 1. The van der Waals surface area contributed by atoms with Gasteiger partial charge < -0.3 is 4.57 Å². The number of unbranched alkanes of at least 4 members (excludes halogenated alkanes) is 1. The van der Waals surface area contributed by atoms with Gasteiger partial charge in [0.2, 0.25) is 0 Å². The smallest absolute Gasteiger partial charge is 0.334 e. The second kappa shape index (κ2) is 10.3. The summed E-state index contributed by atoms with van der Waals surface area (Å²) in [5, 5.41) is 14.4. The van der Waals surface area contributed by atoms with Crippen LogP contribution in [-0.4, -0.2) is 40.5 Å². The molecule has 9 nitrogen and oxygen atoms in total. The highest BCUT2D eigenvalue weighted by atomic mass is 16.1. The Balaban J connectivity index is 1.60. The quantitative estimate of drug-likeness (QED) is 0.363. The fourth-order valence-corrected chi connectivity index (χ4v) is 4.96. The van der Waals surface area contributed by atoms with E-state index in [9.17, 15) is 4.79 Å². The van der Waals surface area contributed by atoms with Gasteiger partial charge in [0.25, 0.3) is 0 Å². The largest absolute Gasteiger partial charge is 0.334 e. The summed E-state index contributed by atoms with van der Waals surface area (Å²) < 4.78 is 5.92. The maximum atomic E-state index is 13.9. The molecule has 1 atom stereocenters. The molecule has 0 amide bonds. The first-order valence-electron chi connectivity index (χ1n) is 12.7. The summed E-state index contributed by atoms with van der Waals surface area (Å²) in [6.07, 6.45) is 14.6. The molecule has 3 aromatic heterocycles. The van der Waals surface area contributed by atoms with Crippen LogP contribution in [0.3, 0.4) is 0 Å². The van der Waals surface area contributed by atoms with Gasteiger partial charge in [-0.25, -0.2) is 9.89 Å². The van der Waals surface area contributed by atoms with E-state index in [-0.39, 0.29) is 5.69 Å². The number of nitrogens with zero attached hydrogens (tertiary/aromatic N) is 7. The number of aromatic amines is 1. The summed E-state index contributed by atoms with van der Waals surface area (Å²) in [5.74, 6) is 1.53. The molecule has 9 heteroatoms. The van der Waals surface area contributed by atoms with Crippen molar-refractivity contribution in [2.24, 2.45) is 4.99 Å². The number of nitrogens with one attached hydrogen (secondary N) is 1. The number of imidazole rings is 1. The van der Waals surface area contributed by atoms with Gasteiger partial charge in [0.05, 0.1) is 0 Å². The van der Waals surface area contributed by atoms with Crippen molar-refractivity contribution >= 4 is 6.21 Å². The molecular formula is C27H32N8O. The van der Waals surface area contributed by atoms with Crippen molar-refractivity contribution in [2.45, 2.75) is 64.5 Å². The zero-order valence-corrected chi connectivity index (χ0v) is 20.8. The van der Waals surface area contributed by atoms with Crippen LogP contribution in [0.25, 0.3) is 17.2 Å². The molecule has 0 aliphatic carbocycles. The molecule has 0 saturated carbocycles. The van der Waals surface area contributed by atoms with Crippen LogP contribution >= 0.6 is 0 Å². The highest BCUT2D eigenvalue weighted by Gasteiger charge is 2.33. The van der Waals surface area contributed by atoms with Crippen LogP contribution in [0.5, 0.6) is 0 Å². The normalized spacial score (nSPS) is 17.2. The highest BCUT2D eigenvalue weighted by Crippen LogP contribution is 2.35. The summed E-state index contributed by atoms with van der Waals surface area (Å²) in [5.41, 5.74) is 2.61. The van der Waals surface area contributed by atoms with E-state index in [0.29, 0.717) is 18.8 Å². The third-order valence-electron chi connectivity index (χ3n) is 6.90. The van der Waals surface area contributed by atoms with Gasteiger partial charge in [-0.3, -0.25) is 14.1 Å². The Bertz CT molecular complexity index is 1420. The lowest BCUT2D eigenvalue weighted by Crippen LogP contribution is -2.37. The maximum absolute atomic E-state index is 13.9. The number of aryl methyl sites for hydroxylation is 2. The number of aromatic nitrogens is 7. The molecule has 5 rings (SSSR count). The van der Waals surface area contributed by atoms with E-state index >= 15 is 0 Å². The number of tetrazole rings is 1. The molecule has 1 N–H and O–H groups in total. The minimum absolute atomic E-state index is 0.0111. The zero-order valence-electron chi connectivity index (χ0n) is 20.8. The number of aliphatic imine (C=N–C) groups is 1. The Labute approximate surface area is 210 Å². The van der Waals surface area contributed by atoms with Gasteiger partial charge in [0.1, 0.15) is 5.82 Å². The molecule has 1 aromatic carbocycles. The van der Waals surface area contributed by atoms with Crippen molar-refractivity contribution in [3.8, 4) is 17.2 Å². The lowest BCUT2D eigenvalue weighted by molar-refractivity contribution is 0.438. The summed E-state index contributed by atoms with van der Waals surface area (Å²) in [7, 11) is 0. The SMILES string of the molecule is CCCCc1cn(-c2cccn2CCC)c(=O)n1CC1(c2cccc(-c3nnn[nH]3)c2)C=CN=CC1. The molecule has 4 heterocycles. The third kappa shape index (κ3) is 4.48. The average Bonchev–Trinajstić information content (AvgIpc) is 3.66. The molecule has 0 fully saturated rings. The van der Waals surface area contributed by atoms with Crippen LogP contribution in [-0.2, 0) is 24.9 Å². The first kappa shape index (κ1) is 23.7. The molecule has 1 unspecified atom stereocenters. The van der Waals surface area contributed by atoms with E-state index in [0.717, 1.165) is 54.9 Å². The number of rotatable bonds is 10. The van der Waals surface area contributed by atoms with Gasteiger partial charge in [-0.2, -0.15) is 0 Å². The molecule has 4 aromatic rings. The van der Waals surface area contributed by atoms with E-state index < -0.39 is 5.41 Å². The molecule has 1 aliphatic heterocycles. The first-order valence-corrected chi connectivity index (χ1v) is 12.7. The lowest BCUT2D eigenvalue weighted by Gasteiger charge is -2.32. The number of H-pyrrole nitrogens is 1. The second-order valence-corrected chi connectivity index (χ2v) is 9.36. The summed E-state index contributed by atoms with van der Waals surface area (Å²) >= 11 is 0. The van der Waals surface area contributed by atoms with E-state index in [4.69, 9.17) is 0 Å². The monoisotopic (exact) mass is 484 g/mol. The predicted molar refractivity (Wildman–Crippen MR) is 140 cm³/mol. The van der Waals surface area contributed by atoms with Crippen molar-refractivity contribution in [1.29, 1.82) is 0 Å². The lowest BCUT2D eigenvalue weighted by atomic mass is 9.76. The Hall–Kier alpha value is -4.01. The molecule has 186 valence electrons. The Morgan fingerprint density at radius 3 is 2.81 bits per heavy atom. The number of hydrogen-bond donors (Lipinski definition) is 1. The van der Waals surface area contributed by atoms with Crippen LogP contribution < -0.4 is 5.69 Å². The predicted octanol–water partition coefficient (Wildman–Crippen LogP) is 4.30. The van der Waals surface area contributed by atoms with Crippen LogP contribution in [0.4, 0.5) is 0 Å². The maximum Gasteiger partial charge on any atom is 0.334 e. The molecule has 0 radical (unpaired) electrons. The minimum atomic E-state index is -0.423. The zero-order chi connectivity index (χ0) is 25.0. The highest BCUT2D eigenvalue weighted by molar-refractivity contribution is 5.65. The van der Waals surface area contributed by atoms with Gasteiger partial charge in [-0.1, -0.05) is 44.5 Å². The molecular weight excluding hydrogens is 452 g/mol. The Kier molecular flexibility index (Phi) is 6.79. The van der Waals surface area contributed by atoms with Gasteiger partial charge >= 0.3 is 5.69 Å². The Morgan fingerprint density at radius 2 is 2.06 bits per heavy atom. The number of hydrogen-bond acceptors (Lipinski definition) is 5. The van der Waals surface area contributed by atoms with E-state index in [2.05, 4.69) is 62.2 Å². The van der Waals surface area contributed by atoms with E-state index in [1.54, 1.807) is 0 Å². The molecule has 36 heavy (non-hydrogen) atoms. The summed E-state index contributed by atoms with van der Waals surface area (Å²) in [4.78, 5) is 18.3. The molecule has 0 saturated heterocycles. The topological polar surface area (TPSA) is 98.7 Å². The third-order valence-corrected chi connectivity index (χ3v) is 6.90. The van der Waals surface area contributed by atoms with Crippen molar-refractivity contribution in [3.63, 3.8) is 0 Å². The molecule has 0 bridgehead atoms. The van der Waals surface area contributed by atoms with Crippen molar-refractivity contribution < 1.29 is 0 Å². The van der Waals surface area contributed by atoms with Gasteiger partial charge in [-0.15, -0.1) is 5.10 Å². The second-order valence-electron chi connectivity index (χ2n) is 9.36. The Morgan fingerprint density at radius 1 is 1.14 bits per heavy atom.